The molecule has 9 heteroatoms. The molecule has 0 aliphatic carbocycles. The van der Waals surface area contributed by atoms with Crippen molar-refractivity contribution in [3.05, 3.63) is 24.3 Å². The van der Waals surface area contributed by atoms with Gasteiger partial charge in [0.1, 0.15) is 12.4 Å². The molecule has 0 unspecified atom stereocenters. The number of halogens is 1. The van der Waals surface area contributed by atoms with Gasteiger partial charge in [-0.1, -0.05) is 0 Å². The highest BCUT2D eigenvalue weighted by Gasteiger charge is 2.16. The second-order valence-corrected chi connectivity index (χ2v) is 6.18. The molecule has 1 aliphatic rings. The van der Waals surface area contributed by atoms with Gasteiger partial charge in [-0.25, -0.2) is 0 Å². The maximum Gasteiger partial charge on any atom is 0.234 e. The fourth-order valence-corrected chi connectivity index (χ4v) is 2.86. The third-order valence-corrected chi connectivity index (χ3v) is 4.26. The third-order valence-electron chi connectivity index (χ3n) is 3.35. The normalized spacial score (nSPS) is 13.7. The Balaban J connectivity index is 0.00000312. The van der Waals surface area contributed by atoms with Gasteiger partial charge in [0.25, 0.3) is 0 Å². The van der Waals surface area contributed by atoms with Crippen LogP contribution in [0.5, 0.6) is 5.75 Å². The number of thioether (sulfide) groups is 1. The molecule has 0 radical (unpaired) electrons. The Hall–Kier alpha value is -1.48. The second kappa shape index (κ2) is 12.0. The maximum atomic E-state index is 12.0. The summed E-state index contributed by atoms with van der Waals surface area (Å²) in [6, 6.07) is 7.10. The van der Waals surface area contributed by atoms with E-state index in [-0.39, 0.29) is 30.0 Å². The lowest BCUT2D eigenvalue weighted by atomic mass is 10.3. The van der Waals surface area contributed by atoms with Crippen LogP contribution in [0.1, 0.15) is 0 Å². The molecule has 0 aromatic heterocycles. The first-order valence-corrected chi connectivity index (χ1v) is 9.00. The number of benzene rings is 1. The second-order valence-electron chi connectivity index (χ2n) is 5.20. The van der Waals surface area contributed by atoms with Crippen LogP contribution in [0.2, 0.25) is 0 Å². The van der Waals surface area contributed by atoms with Crippen LogP contribution in [-0.4, -0.2) is 67.7 Å². The van der Waals surface area contributed by atoms with E-state index in [0.717, 1.165) is 0 Å². The van der Waals surface area contributed by atoms with Gasteiger partial charge in [0.05, 0.1) is 24.7 Å². The van der Waals surface area contributed by atoms with Crippen LogP contribution < -0.4 is 15.8 Å². The number of anilines is 1. The van der Waals surface area contributed by atoms with Crippen LogP contribution >= 0.6 is 24.2 Å². The molecule has 0 spiro atoms. The standard InChI is InChI=1S/C16H23N3O4S.ClH/c17-5-8-23-14-3-1-13(2-4-14)18-15(20)11-24-12-16(21)19-6-9-22-10-7-19;/h1-4H,5-12,17H2,(H,18,20);1H. The van der Waals surface area contributed by atoms with E-state index in [2.05, 4.69) is 5.32 Å². The van der Waals surface area contributed by atoms with Gasteiger partial charge >= 0.3 is 0 Å². The number of hydrogen-bond donors (Lipinski definition) is 2. The number of hydrogen-bond acceptors (Lipinski definition) is 6. The van der Waals surface area contributed by atoms with Crippen LogP contribution in [0.3, 0.4) is 0 Å². The lowest BCUT2D eigenvalue weighted by molar-refractivity contribution is -0.132. The van der Waals surface area contributed by atoms with Crippen molar-refractivity contribution < 1.29 is 19.1 Å². The molecule has 0 saturated carbocycles. The van der Waals surface area contributed by atoms with Crippen molar-refractivity contribution in [3.8, 4) is 5.75 Å². The molecule has 1 aromatic rings. The minimum atomic E-state index is -0.134. The number of carbonyl (C=O) groups is 2. The van der Waals surface area contributed by atoms with E-state index in [0.29, 0.717) is 56.6 Å². The summed E-state index contributed by atoms with van der Waals surface area (Å²) in [6.45, 7) is 3.34. The first-order valence-electron chi connectivity index (χ1n) is 7.85. The van der Waals surface area contributed by atoms with Crippen molar-refractivity contribution in [1.29, 1.82) is 0 Å². The molecule has 1 fully saturated rings. The van der Waals surface area contributed by atoms with Gasteiger partial charge in [-0.3, -0.25) is 9.59 Å². The molecule has 25 heavy (non-hydrogen) atoms. The lowest BCUT2D eigenvalue weighted by Crippen LogP contribution is -2.41. The van der Waals surface area contributed by atoms with E-state index < -0.39 is 0 Å². The van der Waals surface area contributed by atoms with Gasteiger partial charge in [-0.15, -0.1) is 24.2 Å². The molecular formula is C16H24ClN3O4S. The zero-order valence-corrected chi connectivity index (χ0v) is 15.6. The van der Waals surface area contributed by atoms with Crippen LogP contribution in [0.4, 0.5) is 5.69 Å². The average Bonchev–Trinajstić information content (AvgIpc) is 2.62. The monoisotopic (exact) mass is 389 g/mol. The first-order chi connectivity index (χ1) is 11.7. The lowest BCUT2D eigenvalue weighted by Gasteiger charge is -2.26. The summed E-state index contributed by atoms with van der Waals surface area (Å²) in [5.74, 6) is 1.17. The van der Waals surface area contributed by atoms with Crippen LogP contribution in [0.25, 0.3) is 0 Å². The van der Waals surface area contributed by atoms with E-state index in [1.54, 1.807) is 29.2 Å². The molecule has 1 aromatic carbocycles. The van der Waals surface area contributed by atoms with Gasteiger partial charge in [-0.2, -0.15) is 0 Å². The maximum absolute atomic E-state index is 12.0. The Morgan fingerprint density at radius 3 is 2.52 bits per heavy atom. The van der Waals surface area contributed by atoms with E-state index in [4.69, 9.17) is 15.2 Å². The number of morpholine rings is 1. The Kier molecular flexibility index (Phi) is 10.3. The minimum Gasteiger partial charge on any atom is -0.492 e. The molecule has 1 aliphatic heterocycles. The van der Waals surface area contributed by atoms with Crippen LogP contribution in [0.15, 0.2) is 24.3 Å². The number of nitrogens with two attached hydrogens (primary N) is 1. The van der Waals surface area contributed by atoms with Crippen molar-refractivity contribution in [1.82, 2.24) is 4.90 Å². The summed E-state index contributed by atoms with van der Waals surface area (Å²) >= 11 is 1.31. The molecule has 0 atom stereocenters. The van der Waals surface area contributed by atoms with E-state index >= 15 is 0 Å². The fraction of sp³-hybridized carbons (Fsp3) is 0.500. The third kappa shape index (κ3) is 7.96. The number of rotatable bonds is 8. The fourth-order valence-electron chi connectivity index (χ4n) is 2.14. The smallest absolute Gasteiger partial charge is 0.234 e. The van der Waals surface area contributed by atoms with E-state index in [1.807, 2.05) is 0 Å². The van der Waals surface area contributed by atoms with Gasteiger partial charge in [0.15, 0.2) is 0 Å². The number of carbonyl (C=O) groups excluding carboxylic acids is 2. The molecule has 3 N–H and O–H groups in total. The zero-order chi connectivity index (χ0) is 17.2. The molecular weight excluding hydrogens is 366 g/mol. The highest BCUT2D eigenvalue weighted by molar-refractivity contribution is 8.00. The topological polar surface area (TPSA) is 93.9 Å². The summed E-state index contributed by atoms with van der Waals surface area (Å²) in [6.07, 6.45) is 0. The van der Waals surface area contributed by atoms with Gasteiger partial charge in [0, 0.05) is 25.3 Å². The summed E-state index contributed by atoms with van der Waals surface area (Å²) in [7, 11) is 0. The largest absolute Gasteiger partial charge is 0.492 e. The van der Waals surface area contributed by atoms with Crippen molar-refractivity contribution in [2.75, 3.05) is 56.3 Å². The van der Waals surface area contributed by atoms with Crippen molar-refractivity contribution >= 4 is 41.7 Å². The Labute approximate surface area is 158 Å². The Morgan fingerprint density at radius 2 is 1.88 bits per heavy atom. The molecule has 7 nitrogen and oxygen atoms in total. The molecule has 0 bridgehead atoms. The number of ether oxygens (including phenoxy) is 2. The SMILES string of the molecule is Cl.NCCOc1ccc(NC(=O)CSCC(=O)N2CCOCC2)cc1. The van der Waals surface area contributed by atoms with E-state index in [9.17, 15) is 9.59 Å². The molecule has 1 heterocycles. The van der Waals surface area contributed by atoms with E-state index in [1.165, 1.54) is 11.8 Å². The highest BCUT2D eigenvalue weighted by atomic mass is 35.5. The molecule has 1 saturated heterocycles. The predicted octanol–water partition coefficient (Wildman–Crippen LogP) is 0.976. The minimum absolute atomic E-state index is 0. The number of nitrogens with zero attached hydrogens (tertiary/aromatic N) is 1. The molecule has 2 amide bonds. The molecule has 140 valence electrons. The van der Waals surface area contributed by atoms with Crippen molar-refractivity contribution in [2.24, 2.45) is 5.73 Å². The average molecular weight is 390 g/mol. The Morgan fingerprint density at radius 1 is 1.20 bits per heavy atom. The predicted molar refractivity (Wildman–Crippen MR) is 102 cm³/mol. The number of amides is 2. The molecule has 2 rings (SSSR count). The summed E-state index contributed by atoms with van der Waals surface area (Å²) in [4.78, 5) is 25.6. The van der Waals surface area contributed by atoms with Gasteiger partial charge in [-0.05, 0) is 24.3 Å². The van der Waals surface area contributed by atoms with Gasteiger partial charge < -0.3 is 25.4 Å². The quantitative estimate of drug-likeness (QED) is 0.688. The summed E-state index contributed by atoms with van der Waals surface area (Å²) in [5.41, 5.74) is 6.06. The van der Waals surface area contributed by atoms with Crippen LogP contribution in [-0.2, 0) is 14.3 Å². The van der Waals surface area contributed by atoms with Crippen LogP contribution in [0, 0.1) is 0 Å². The first kappa shape index (κ1) is 21.6. The highest BCUT2D eigenvalue weighted by Crippen LogP contribution is 2.16. The van der Waals surface area contributed by atoms with Gasteiger partial charge in [0.2, 0.25) is 11.8 Å². The van der Waals surface area contributed by atoms with Crippen molar-refractivity contribution in [2.45, 2.75) is 0 Å². The summed E-state index contributed by atoms with van der Waals surface area (Å²) < 4.78 is 10.6. The van der Waals surface area contributed by atoms with Crippen molar-refractivity contribution in [3.63, 3.8) is 0 Å². The summed E-state index contributed by atoms with van der Waals surface area (Å²) in [5, 5.41) is 2.79. The Bertz CT molecular complexity index is 539. The number of nitrogens with one attached hydrogen (secondary N) is 1. The zero-order valence-electron chi connectivity index (χ0n) is 13.9.